The first-order valence-corrected chi connectivity index (χ1v) is 10.8. The lowest BCUT2D eigenvalue weighted by Gasteiger charge is -2.10. The number of ether oxygens (including phenoxy) is 2. The SMILES string of the molecule is COC(=O)c1ccc(NC(=O)/C(C#N)=C/c2ccc(OCc3ccc(C)cc3)c(Br)c2)cc1. The van der Waals surface area contributed by atoms with E-state index in [1.165, 1.54) is 30.9 Å². The highest BCUT2D eigenvalue weighted by Crippen LogP contribution is 2.28. The fourth-order valence-corrected chi connectivity index (χ4v) is 3.40. The van der Waals surface area contributed by atoms with E-state index in [2.05, 4.69) is 26.0 Å². The molecule has 0 radical (unpaired) electrons. The molecule has 0 atom stereocenters. The van der Waals surface area contributed by atoms with E-state index < -0.39 is 11.9 Å². The largest absolute Gasteiger partial charge is 0.488 e. The average molecular weight is 505 g/mol. The highest BCUT2D eigenvalue weighted by molar-refractivity contribution is 9.10. The van der Waals surface area contributed by atoms with E-state index in [4.69, 9.17) is 4.74 Å². The van der Waals surface area contributed by atoms with Crippen LogP contribution in [0.4, 0.5) is 5.69 Å². The van der Waals surface area contributed by atoms with Crippen LogP contribution in [0.1, 0.15) is 27.0 Å². The van der Waals surface area contributed by atoms with Crippen LogP contribution in [0.2, 0.25) is 0 Å². The second-order valence-electron chi connectivity index (χ2n) is 7.16. The molecule has 0 heterocycles. The van der Waals surface area contributed by atoms with Gasteiger partial charge in [-0.25, -0.2) is 4.79 Å². The van der Waals surface area contributed by atoms with Gasteiger partial charge in [-0.15, -0.1) is 0 Å². The summed E-state index contributed by atoms with van der Waals surface area (Å²) in [6, 6.07) is 21.5. The molecule has 166 valence electrons. The maximum Gasteiger partial charge on any atom is 0.337 e. The number of esters is 1. The number of carbonyl (C=O) groups excluding carboxylic acids is 2. The van der Waals surface area contributed by atoms with Gasteiger partial charge in [-0.05, 0) is 76.5 Å². The van der Waals surface area contributed by atoms with Crippen molar-refractivity contribution >= 4 is 39.6 Å². The summed E-state index contributed by atoms with van der Waals surface area (Å²) in [5.41, 5.74) is 3.66. The Labute approximate surface area is 200 Å². The van der Waals surface area contributed by atoms with Crippen molar-refractivity contribution in [3.63, 3.8) is 0 Å². The molecule has 6 nitrogen and oxygen atoms in total. The number of hydrogen-bond acceptors (Lipinski definition) is 5. The third-order valence-electron chi connectivity index (χ3n) is 4.71. The summed E-state index contributed by atoms with van der Waals surface area (Å²) in [4.78, 5) is 24.0. The predicted octanol–water partition coefficient (Wildman–Crippen LogP) is 5.67. The van der Waals surface area contributed by atoms with E-state index >= 15 is 0 Å². The van der Waals surface area contributed by atoms with Crippen molar-refractivity contribution < 1.29 is 19.1 Å². The third-order valence-corrected chi connectivity index (χ3v) is 5.33. The lowest BCUT2D eigenvalue weighted by molar-refractivity contribution is -0.112. The van der Waals surface area contributed by atoms with Crippen LogP contribution < -0.4 is 10.1 Å². The zero-order valence-electron chi connectivity index (χ0n) is 18.1. The third kappa shape index (κ3) is 6.55. The van der Waals surface area contributed by atoms with Crippen molar-refractivity contribution in [2.75, 3.05) is 12.4 Å². The Hall–Kier alpha value is -3.89. The monoisotopic (exact) mass is 504 g/mol. The van der Waals surface area contributed by atoms with Gasteiger partial charge in [0.15, 0.2) is 0 Å². The summed E-state index contributed by atoms with van der Waals surface area (Å²) in [5, 5.41) is 12.1. The molecule has 0 saturated heterocycles. The van der Waals surface area contributed by atoms with Gasteiger partial charge in [0.25, 0.3) is 5.91 Å². The van der Waals surface area contributed by atoms with Crippen molar-refractivity contribution in [2.45, 2.75) is 13.5 Å². The number of nitrogens with zero attached hydrogens (tertiary/aromatic N) is 1. The Morgan fingerprint density at radius 3 is 2.36 bits per heavy atom. The van der Waals surface area contributed by atoms with Crippen LogP contribution in [0.5, 0.6) is 5.75 Å². The first-order valence-electron chi connectivity index (χ1n) is 9.99. The molecule has 33 heavy (non-hydrogen) atoms. The van der Waals surface area contributed by atoms with Crippen LogP contribution >= 0.6 is 15.9 Å². The van der Waals surface area contributed by atoms with Crippen LogP contribution in [-0.4, -0.2) is 19.0 Å². The highest BCUT2D eigenvalue weighted by atomic mass is 79.9. The number of aryl methyl sites for hydroxylation is 1. The summed E-state index contributed by atoms with van der Waals surface area (Å²) < 4.78 is 11.2. The minimum Gasteiger partial charge on any atom is -0.488 e. The molecule has 7 heteroatoms. The molecule has 3 aromatic carbocycles. The number of amides is 1. The van der Waals surface area contributed by atoms with E-state index in [0.717, 1.165) is 5.56 Å². The summed E-state index contributed by atoms with van der Waals surface area (Å²) in [5.74, 6) is -0.372. The van der Waals surface area contributed by atoms with Gasteiger partial charge in [-0.3, -0.25) is 4.79 Å². The molecule has 0 aliphatic heterocycles. The number of benzene rings is 3. The molecule has 0 saturated carbocycles. The van der Waals surface area contributed by atoms with Gasteiger partial charge in [0, 0.05) is 5.69 Å². The maximum absolute atomic E-state index is 12.5. The second kappa shape index (κ2) is 11.1. The summed E-state index contributed by atoms with van der Waals surface area (Å²) in [6.07, 6.45) is 1.49. The van der Waals surface area contributed by atoms with Gasteiger partial charge in [-0.2, -0.15) is 5.26 Å². The molecule has 0 aliphatic carbocycles. The van der Waals surface area contributed by atoms with Gasteiger partial charge < -0.3 is 14.8 Å². The maximum atomic E-state index is 12.5. The molecule has 0 unspecified atom stereocenters. The van der Waals surface area contributed by atoms with Crippen molar-refractivity contribution in [1.82, 2.24) is 0 Å². The molecule has 3 rings (SSSR count). The number of anilines is 1. The number of carbonyl (C=O) groups is 2. The fraction of sp³-hybridized carbons (Fsp3) is 0.115. The summed E-state index contributed by atoms with van der Waals surface area (Å²) >= 11 is 3.48. The standard InChI is InChI=1S/C26H21BrN2O4/c1-17-3-5-18(6-4-17)16-33-24-12-7-19(14-23(24)27)13-21(15-28)25(30)29-22-10-8-20(9-11-22)26(31)32-2/h3-14H,16H2,1-2H3,(H,29,30)/b21-13+. The zero-order valence-corrected chi connectivity index (χ0v) is 19.7. The predicted molar refractivity (Wildman–Crippen MR) is 130 cm³/mol. The summed E-state index contributed by atoms with van der Waals surface area (Å²) in [6.45, 7) is 2.46. The van der Waals surface area contributed by atoms with Crippen molar-refractivity contribution in [3.05, 3.63) is 99.0 Å². The normalized spacial score (nSPS) is 10.8. The van der Waals surface area contributed by atoms with E-state index in [0.29, 0.717) is 33.6 Å². The number of nitriles is 1. The minimum atomic E-state index is -0.556. The highest BCUT2D eigenvalue weighted by Gasteiger charge is 2.12. The zero-order chi connectivity index (χ0) is 23.8. The Balaban J connectivity index is 1.67. The van der Waals surface area contributed by atoms with E-state index in [9.17, 15) is 14.9 Å². The molecule has 0 aromatic heterocycles. The van der Waals surface area contributed by atoms with Gasteiger partial charge in [-0.1, -0.05) is 35.9 Å². The van der Waals surface area contributed by atoms with E-state index in [-0.39, 0.29) is 5.57 Å². The fourth-order valence-electron chi connectivity index (χ4n) is 2.89. The van der Waals surface area contributed by atoms with Crippen molar-refractivity contribution in [3.8, 4) is 11.8 Å². The molecule has 0 spiro atoms. The molecule has 1 amide bonds. The molecular formula is C26H21BrN2O4. The Kier molecular flexibility index (Phi) is 8.01. The Morgan fingerprint density at radius 1 is 1.06 bits per heavy atom. The molecule has 0 fully saturated rings. The van der Waals surface area contributed by atoms with Crippen molar-refractivity contribution in [2.24, 2.45) is 0 Å². The lowest BCUT2D eigenvalue weighted by atomic mass is 10.1. The van der Waals surface area contributed by atoms with Crippen LogP contribution in [0.15, 0.2) is 76.8 Å². The van der Waals surface area contributed by atoms with Crippen LogP contribution in [0.3, 0.4) is 0 Å². The van der Waals surface area contributed by atoms with E-state index in [1.807, 2.05) is 37.3 Å². The average Bonchev–Trinajstić information content (AvgIpc) is 2.83. The molecular weight excluding hydrogens is 484 g/mol. The smallest absolute Gasteiger partial charge is 0.337 e. The van der Waals surface area contributed by atoms with E-state index in [1.54, 1.807) is 30.3 Å². The first-order chi connectivity index (χ1) is 15.9. The van der Waals surface area contributed by atoms with Gasteiger partial charge in [0.2, 0.25) is 0 Å². The number of hydrogen-bond donors (Lipinski definition) is 1. The number of rotatable bonds is 7. The topological polar surface area (TPSA) is 88.4 Å². The first kappa shape index (κ1) is 23.8. The van der Waals surface area contributed by atoms with Crippen molar-refractivity contribution in [1.29, 1.82) is 5.26 Å². The van der Waals surface area contributed by atoms with Gasteiger partial charge in [0.05, 0.1) is 17.1 Å². The van der Waals surface area contributed by atoms with Gasteiger partial charge in [0.1, 0.15) is 24.0 Å². The molecule has 0 aliphatic rings. The Bertz CT molecular complexity index is 1230. The quantitative estimate of drug-likeness (QED) is 0.254. The van der Waals surface area contributed by atoms with Crippen LogP contribution in [0.25, 0.3) is 6.08 Å². The van der Waals surface area contributed by atoms with Gasteiger partial charge >= 0.3 is 5.97 Å². The molecule has 1 N–H and O–H groups in total. The van der Waals surface area contributed by atoms with Crippen LogP contribution in [-0.2, 0) is 16.1 Å². The molecule has 3 aromatic rings. The lowest BCUT2D eigenvalue weighted by Crippen LogP contribution is -2.13. The number of methoxy groups -OCH3 is 1. The second-order valence-corrected chi connectivity index (χ2v) is 8.01. The molecule has 0 bridgehead atoms. The summed E-state index contributed by atoms with van der Waals surface area (Å²) in [7, 11) is 1.29. The van der Waals surface area contributed by atoms with Crippen LogP contribution in [0, 0.1) is 18.3 Å². The number of halogens is 1. The number of nitrogens with one attached hydrogen (secondary N) is 1. The minimum absolute atomic E-state index is 0.0627. The Morgan fingerprint density at radius 2 is 1.76 bits per heavy atom.